The molecule has 7 nitrogen and oxygen atoms in total. The van der Waals surface area contributed by atoms with Crippen LogP contribution in [0.2, 0.25) is 0 Å². The maximum atomic E-state index is 12.2. The number of esters is 1. The lowest BCUT2D eigenvalue weighted by Gasteiger charge is -2.15. The normalized spacial score (nSPS) is 12.5. The number of carbonyl (C=O) groups excluding carboxylic acids is 1. The van der Waals surface area contributed by atoms with E-state index in [9.17, 15) is 9.36 Å². The van der Waals surface area contributed by atoms with Gasteiger partial charge in [-0.1, -0.05) is 5.57 Å². The SMILES string of the molecule is CCOOP(=O)(C/C(C)=C/C(=O)OCC)OOCC. The third kappa shape index (κ3) is 8.91. The van der Waals surface area contributed by atoms with Crippen molar-refractivity contribution in [3.63, 3.8) is 0 Å². The summed E-state index contributed by atoms with van der Waals surface area (Å²) in [5, 5.41) is 0. The van der Waals surface area contributed by atoms with Gasteiger partial charge in [0.25, 0.3) is 0 Å². The zero-order valence-electron chi connectivity index (χ0n) is 11.7. The molecule has 0 bridgehead atoms. The summed E-state index contributed by atoms with van der Waals surface area (Å²) in [5.41, 5.74) is 0.473. The fourth-order valence-corrected chi connectivity index (χ4v) is 2.43. The van der Waals surface area contributed by atoms with Gasteiger partial charge in [0.1, 0.15) is 0 Å². The molecule has 0 rings (SSSR count). The summed E-state index contributed by atoms with van der Waals surface area (Å²) in [6.45, 7) is 7.33. The molecule has 0 aliphatic carbocycles. The van der Waals surface area contributed by atoms with Crippen molar-refractivity contribution in [3.05, 3.63) is 11.6 Å². The third-order valence-electron chi connectivity index (χ3n) is 1.66. The molecule has 0 saturated carbocycles. The highest BCUT2D eigenvalue weighted by molar-refractivity contribution is 7.53. The van der Waals surface area contributed by atoms with E-state index in [1.165, 1.54) is 6.08 Å². The average molecular weight is 296 g/mol. The lowest BCUT2D eigenvalue weighted by Crippen LogP contribution is -2.06. The Morgan fingerprint density at radius 2 is 1.58 bits per heavy atom. The van der Waals surface area contributed by atoms with E-state index < -0.39 is 13.6 Å². The first-order valence-corrected chi connectivity index (χ1v) is 7.75. The van der Waals surface area contributed by atoms with Gasteiger partial charge in [0, 0.05) is 6.08 Å². The number of ether oxygens (including phenoxy) is 1. The Balaban J connectivity index is 4.61. The van der Waals surface area contributed by atoms with Crippen molar-refractivity contribution in [2.24, 2.45) is 0 Å². The lowest BCUT2D eigenvalue weighted by molar-refractivity contribution is -0.262. The van der Waals surface area contributed by atoms with E-state index in [0.29, 0.717) is 5.57 Å². The second kappa shape index (κ2) is 10.1. The molecule has 0 aromatic heterocycles. The monoisotopic (exact) mass is 296 g/mol. The first-order valence-electron chi connectivity index (χ1n) is 6.02. The largest absolute Gasteiger partial charge is 0.463 e. The van der Waals surface area contributed by atoms with Crippen LogP contribution in [-0.4, -0.2) is 32.0 Å². The summed E-state index contributed by atoms with van der Waals surface area (Å²) in [5.74, 6) is -0.514. The van der Waals surface area contributed by atoms with Gasteiger partial charge >= 0.3 is 13.6 Å². The highest BCUT2D eigenvalue weighted by atomic mass is 31.2. The Morgan fingerprint density at radius 1 is 1.05 bits per heavy atom. The summed E-state index contributed by atoms with van der Waals surface area (Å²) >= 11 is 0. The van der Waals surface area contributed by atoms with Crippen molar-refractivity contribution in [3.8, 4) is 0 Å². The molecular formula is C11H21O7P. The predicted octanol–water partition coefficient (Wildman–Crippen LogP) is 2.63. The molecule has 0 unspecified atom stereocenters. The van der Waals surface area contributed by atoms with E-state index in [4.69, 9.17) is 14.1 Å². The highest BCUT2D eigenvalue weighted by Gasteiger charge is 2.28. The number of rotatable bonds is 10. The molecule has 0 radical (unpaired) electrons. The summed E-state index contributed by atoms with van der Waals surface area (Å²) in [6, 6.07) is 0. The molecule has 0 spiro atoms. The Morgan fingerprint density at radius 3 is 2.00 bits per heavy atom. The van der Waals surface area contributed by atoms with E-state index in [0.717, 1.165) is 0 Å². The third-order valence-corrected chi connectivity index (χ3v) is 3.21. The van der Waals surface area contributed by atoms with Crippen LogP contribution in [0.25, 0.3) is 0 Å². The van der Waals surface area contributed by atoms with E-state index in [2.05, 4.69) is 9.78 Å². The zero-order valence-corrected chi connectivity index (χ0v) is 12.6. The maximum Gasteiger partial charge on any atom is 0.388 e. The van der Waals surface area contributed by atoms with Crippen molar-refractivity contribution >= 4 is 13.6 Å². The first-order chi connectivity index (χ1) is 8.97. The van der Waals surface area contributed by atoms with Gasteiger partial charge in [-0.25, -0.2) is 14.6 Å². The van der Waals surface area contributed by atoms with Crippen molar-refractivity contribution in [2.75, 3.05) is 26.0 Å². The van der Waals surface area contributed by atoms with Crippen LogP contribution in [-0.2, 0) is 33.2 Å². The van der Waals surface area contributed by atoms with Gasteiger partial charge in [-0.2, -0.15) is 0 Å². The van der Waals surface area contributed by atoms with Crippen LogP contribution < -0.4 is 0 Å². The fraction of sp³-hybridized carbons (Fsp3) is 0.727. The number of allylic oxidation sites excluding steroid dienone is 1. The minimum atomic E-state index is -3.60. The standard InChI is InChI=1S/C11H21O7P/c1-5-14-11(12)8-10(4)9-19(13,17-15-6-2)18-16-7-3/h8H,5-7,9H2,1-4H3/b10-8+. The fourth-order valence-electron chi connectivity index (χ4n) is 1.07. The van der Waals surface area contributed by atoms with Gasteiger partial charge in [-0.15, -0.1) is 9.35 Å². The smallest absolute Gasteiger partial charge is 0.388 e. The van der Waals surface area contributed by atoms with E-state index >= 15 is 0 Å². The maximum absolute atomic E-state index is 12.2. The van der Waals surface area contributed by atoms with Crippen LogP contribution in [0.15, 0.2) is 11.6 Å². The van der Waals surface area contributed by atoms with Crippen LogP contribution in [0.5, 0.6) is 0 Å². The highest BCUT2D eigenvalue weighted by Crippen LogP contribution is 2.50. The number of hydrogen-bond donors (Lipinski definition) is 0. The van der Waals surface area contributed by atoms with Crippen molar-refractivity contribution in [2.45, 2.75) is 27.7 Å². The Hall–Kier alpha value is -0.720. The van der Waals surface area contributed by atoms with Gasteiger partial charge in [0.15, 0.2) is 0 Å². The van der Waals surface area contributed by atoms with Crippen LogP contribution in [0.1, 0.15) is 27.7 Å². The van der Waals surface area contributed by atoms with Crippen LogP contribution in [0.3, 0.4) is 0 Å². The Labute approximate surface area is 113 Å². The number of carbonyl (C=O) groups is 1. The summed E-state index contributed by atoms with van der Waals surface area (Å²) < 4.78 is 26.4. The summed E-state index contributed by atoms with van der Waals surface area (Å²) in [6.07, 6.45) is 1.09. The molecule has 19 heavy (non-hydrogen) atoms. The first kappa shape index (κ1) is 18.3. The van der Waals surface area contributed by atoms with Gasteiger partial charge in [-0.3, -0.25) is 4.57 Å². The molecule has 0 heterocycles. The van der Waals surface area contributed by atoms with Crippen LogP contribution in [0, 0.1) is 0 Å². The summed E-state index contributed by atoms with van der Waals surface area (Å²) in [7, 11) is -3.60. The van der Waals surface area contributed by atoms with Crippen molar-refractivity contribution in [1.82, 2.24) is 0 Å². The second-order valence-electron chi connectivity index (χ2n) is 3.47. The topological polar surface area (TPSA) is 80.3 Å². The molecular weight excluding hydrogens is 275 g/mol. The van der Waals surface area contributed by atoms with Crippen LogP contribution in [0.4, 0.5) is 0 Å². The minimum Gasteiger partial charge on any atom is -0.463 e. The van der Waals surface area contributed by atoms with E-state index in [-0.39, 0.29) is 26.0 Å². The van der Waals surface area contributed by atoms with Gasteiger partial charge < -0.3 is 4.74 Å². The molecule has 0 aliphatic rings. The number of hydrogen-bond acceptors (Lipinski definition) is 7. The second-order valence-corrected chi connectivity index (χ2v) is 5.31. The van der Waals surface area contributed by atoms with Gasteiger partial charge in [0.2, 0.25) is 0 Å². The van der Waals surface area contributed by atoms with Crippen LogP contribution >= 0.6 is 7.60 Å². The van der Waals surface area contributed by atoms with E-state index in [1.54, 1.807) is 27.7 Å². The predicted molar refractivity (Wildman–Crippen MR) is 68.3 cm³/mol. The minimum absolute atomic E-state index is 0.133. The van der Waals surface area contributed by atoms with Crippen molar-refractivity contribution in [1.29, 1.82) is 0 Å². The Bertz CT molecular complexity index is 328. The summed E-state index contributed by atoms with van der Waals surface area (Å²) in [4.78, 5) is 20.5. The lowest BCUT2D eigenvalue weighted by atomic mass is 10.3. The van der Waals surface area contributed by atoms with Gasteiger partial charge in [-0.05, 0) is 27.7 Å². The zero-order chi connectivity index (χ0) is 14.7. The molecule has 0 aromatic carbocycles. The molecule has 0 atom stereocenters. The quantitative estimate of drug-likeness (QED) is 0.201. The molecule has 0 aliphatic heterocycles. The van der Waals surface area contributed by atoms with Gasteiger partial charge in [0.05, 0.1) is 26.0 Å². The molecule has 0 aromatic rings. The molecule has 0 amide bonds. The molecule has 0 fully saturated rings. The molecule has 0 N–H and O–H groups in total. The van der Waals surface area contributed by atoms with E-state index in [1.807, 2.05) is 0 Å². The molecule has 112 valence electrons. The Kier molecular flexibility index (Phi) is 9.73. The average Bonchev–Trinajstić information content (AvgIpc) is 2.34. The van der Waals surface area contributed by atoms with Crippen molar-refractivity contribution < 1.29 is 33.2 Å². The molecule has 0 saturated heterocycles. The molecule has 8 heteroatoms.